The summed E-state index contributed by atoms with van der Waals surface area (Å²) in [5.74, 6) is -0.698. The van der Waals surface area contributed by atoms with Crippen LogP contribution in [-0.4, -0.2) is 107 Å². The highest BCUT2D eigenvalue weighted by atomic mass is 31.2. The Morgan fingerprint density at radius 2 is 1.38 bits per heavy atom. The van der Waals surface area contributed by atoms with Crippen molar-refractivity contribution in [3.8, 4) is 0 Å². The number of aliphatic hydroxyl groups excluding tert-OH is 4. The fraction of sp³-hybridized carbons (Fsp3) is 0.841. The number of nitrogens with one attached hydrogen (secondary N) is 1. The van der Waals surface area contributed by atoms with Gasteiger partial charge in [0.2, 0.25) is 5.91 Å². The first-order valence-electron chi connectivity index (χ1n) is 22.1. The minimum absolute atomic E-state index is 0.0171. The van der Waals surface area contributed by atoms with E-state index in [1.165, 1.54) is 64.2 Å². The molecule has 8 atom stereocenters. The van der Waals surface area contributed by atoms with Crippen LogP contribution in [0.1, 0.15) is 155 Å². The molecule has 1 fully saturated rings. The first-order chi connectivity index (χ1) is 26.7. The Morgan fingerprint density at radius 1 is 0.786 bits per heavy atom. The molecule has 1 saturated carbocycles. The largest absolute Gasteiger partial charge is 0.472 e. The van der Waals surface area contributed by atoms with Crippen molar-refractivity contribution < 1.29 is 48.2 Å². The van der Waals surface area contributed by atoms with E-state index in [2.05, 4.69) is 19.2 Å². The number of quaternary nitrogens is 1. The SMILES string of the molecule is CCCCCCCCCCCCCC/C=C/[C@@H](O)[C@H](COP(=O)(O)OCC[N+](C)(C)C)NC(=O)CCC/C=C/C[C@@H]1[C@@H](/C=C/[C@@H](O)CCCCC)[C@H](O)C[C@@H]1O. The van der Waals surface area contributed by atoms with Gasteiger partial charge in [-0.15, -0.1) is 0 Å². The van der Waals surface area contributed by atoms with Gasteiger partial charge < -0.3 is 35.1 Å². The van der Waals surface area contributed by atoms with Crippen LogP contribution in [-0.2, 0) is 18.4 Å². The van der Waals surface area contributed by atoms with E-state index in [-0.39, 0.29) is 30.8 Å². The summed E-state index contributed by atoms with van der Waals surface area (Å²) in [5, 5.41) is 45.2. The average molecular weight is 816 g/mol. The number of unbranched alkanes of at least 4 members (excludes halogenated alkanes) is 15. The first-order valence-corrected chi connectivity index (χ1v) is 23.6. The number of amides is 1. The molecular weight excluding hydrogens is 731 g/mol. The average Bonchev–Trinajstić information content (AvgIpc) is 3.40. The molecule has 0 saturated heterocycles. The van der Waals surface area contributed by atoms with Gasteiger partial charge in [-0.2, -0.15) is 0 Å². The van der Waals surface area contributed by atoms with Gasteiger partial charge in [0.15, 0.2) is 0 Å². The Bertz CT molecular complexity index is 1130. The van der Waals surface area contributed by atoms with Crippen molar-refractivity contribution in [3.63, 3.8) is 0 Å². The molecule has 1 unspecified atom stereocenters. The predicted octanol–water partition coefficient (Wildman–Crippen LogP) is 8.29. The molecule has 0 aromatic carbocycles. The highest BCUT2D eigenvalue weighted by molar-refractivity contribution is 7.47. The summed E-state index contributed by atoms with van der Waals surface area (Å²) >= 11 is 0. The second-order valence-corrected chi connectivity index (χ2v) is 18.5. The molecule has 1 amide bonds. The van der Waals surface area contributed by atoms with Crippen molar-refractivity contribution in [3.05, 3.63) is 36.5 Å². The highest BCUT2D eigenvalue weighted by Crippen LogP contribution is 2.43. The molecule has 0 aromatic rings. The third kappa shape index (κ3) is 27.3. The van der Waals surface area contributed by atoms with Crippen LogP contribution in [0.15, 0.2) is 36.5 Å². The van der Waals surface area contributed by atoms with Gasteiger partial charge >= 0.3 is 7.82 Å². The van der Waals surface area contributed by atoms with Crippen molar-refractivity contribution in [1.82, 2.24) is 5.32 Å². The number of likely N-dealkylation sites (N-methyl/N-ethyl adjacent to an activating group) is 1. The molecule has 0 aliphatic heterocycles. The first kappa shape index (κ1) is 52.6. The van der Waals surface area contributed by atoms with E-state index in [1.807, 2.05) is 45.4 Å². The predicted molar refractivity (Wildman–Crippen MR) is 228 cm³/mol. The summed E-state index contributed by atoms with van der Waals surface area (Å²) in [5.41, 5.74) is 0. The fourth-order valence-corrected chi connectivity index (χ4v) is 7.77. The number of aliphatic hydroxyl groups is 4. The van der Waals surface area contributed by atoms with Gasteiger partial charge in [0, 0.05) is 18.8 Å². The Kier molecular flexibility index (Phi) is 29.6. The lowest BCUT2D eigenvalue weighted by Crippen LogP contribution is -2.45. The van der Waals surface area contributed by atoms with Crippen LogP contribution in [0, 0.1) is 11.8 Å². The van der Waals surface area contributed by atoms with E-state index in [1.54, 1.807) is 12.2 Å². The second kappa shape index (κ2) is 31.5. The molecule has 1 aliphatic rings. The number of hydrogen-bond donors (Lipinski definition) is 6. The zero-order chi connectivity index (χ0) is 41.7. The molecule has 0 radical (unpaired) electrons. The Morgan fingerprint density at radius 3 is 2.00 bits per heavy atom. The minimum Gasteiger partial charge on any atom is -0.393 e. The third-order valence-corrected chi connectivity index (χ3v) is 11.7. The van der Waals surface area contributed by atoms with Crippen LogP contribution < -0.4 is 5.32 Å². The number of carbonyl (C=O) groups excluding carboxylic acids is 1. The van der Waals surface area contributed by atoms with Gasteiger partial charge in [0.1, 0.15) is 13.2 Å². The van der Waals surface area contributed by atoms with Crippen LogP contribution in [0.25, 0.3) is 0 Å². The van der Waals surface area contributed by atoms with Gasteiger partial charge in [0.25, 0.3) is 0 Å². The summed E-state index contributed by atoms with van der Waals surface area (Å²) in [4.78, 5) is 23.2. The lowest BCUT2D eigenvalue weighted by atomic mass is 9.89. The molecule has 0 bridgehead atoms. The molecule has 1 aliphatic carbocycles. The van der Waals surface area contributed by atoms with E-state index in [0.717, 1.165) is 38.5 Å². The van der Waals surface area contributed by atoms with Crippen LogP contribution in [0.3, 0.4) is 0 Å². The number of rotatable bonds is 35. The summed E-state index contributed by atoms with van der Waals surface area (Å²) in [6.07, 6.45) is 30.1. The van der Waals surface area contributed by atoms with E-state index >= 15 is 0 Å². The molecule has 0 heterocycles. The maximum atomic E-state index is 13.0. The summed E-state index contributed by atoms with van der Waals surface area (Å²) in [7, 11) is 1.42. The van der Waals surface area contributed by atoms with Crippen molar-refractivity contribution in [2.75, 3.05) is 40.9 Å². The molecule has 1 rings (SSSR count). The molecule has 12 heteroatoms. The second-order valence-electron chi connectivity index (χ2n) is 17.0. The summed E-state index contributed by atoms with van der Waals surface area (Å²) < 4.78 is 23.5. The molecule has 11 nitrogen and oxygen atoms in total. The maximum Gasteiger partial charge on any atom is 0.472 e. The van der Waals surface area contributed by atoms with Crippen molar-refractivity contribution in [1.29, 1.82) is 0 Å². The van der Waals surface area contributed by atoms with Gasteiger partial charge in [-0.05, 0) is 44.4 Å². The van der Waals surface area contributed by atoms with Crippen LogP contribution >= 0.6 is 7.82 Å². The Balaban J connectivity index is 2.59. The molecule has 56 heavy (non-hydrogen) atoms. The molecule has 6 N–H and O–H groups in total. The van der Waals surface area contributed by atoms with E-state index in [4.69, 9.17) is 9.05 Å². The fourth-order valence-electron chi connectivity index (χ4n) is 7.03. The monoisotopic (exact) mass is 816 g/mol. The number of carbonyl (C=O) groups is 1. The van der Waals surface area contributed by atoms with Gasteiger partial charge in [0.05, 0.1) is 58.2 Å². The Hall–Kier alpha value is -1.40. The van der Waals surface area contributed by atoms with Gasteiger partial charge in [-0.3, -0.25) is 13.8 Å². The van der Waals surface area contributed by atoms with Crippen molar-refractivity contribution in [2.24, 2.45) is 11.8 Å². The number of allylic oxidation sites excluding steroid dienone is 3. The number of hydrogen-bond acceptors (Lipinski definition) is 8. The summed E-state index contributed by atoms with van der Waals surface area (Å²) in [6.45, 7) is 4.49. The lowest BCUT2D eigenvalue weighted by Gasteiger charge is -2.25. The number of nitrogens with zero attached hydrogens (tertiary/aromatic N) is 1. The molecule has 0 spiro atoms. The zero-order valence-corrected chi connectivity index (χ0v) is 36.8. The topological polar surface area (TPSA) is 166 Å². The highest BCUT2D eigenvalue weighted by Gasteiger charge is 2.39. The zero-order valence-electron chi connectivity index (χ0n) is 35.9. The molecular formula is C44H84N2O9P+. The van der Waals surface area contributed by atoms with E-state index in [0.29, 0.717) is 43.1 Å². The van der Waals surface area contributed by atoms with Crippen molar-refractivity contribution in [2.45, 2.75) is 186 Å². The van der Waals surface area contributed by atoms with E-state index in [9.17, 15) is 34.7 Å². The smallest absolute Gasteiger partial charge is 0.393 e. The lowest BCUT2D eigenvalue weighted by molar-refractivity contribution is -0.870. The molecule has 0 aromatic heterocycles. The Labute approximate surface area is 341 Å². The van der Waals surface area contributed by atoms with Gasteiger partial charge in [-0.25, -0.2) is 4.57 Å². The van der Waals surface area contributed by atoms with Crippen LogP contribution in [0.5, 0.6) is 0 Å². The third-order valence-electron chi connectivity index (χ3n) is 10.7. The van der Waals surface area contributed by atoms with Crippen LogP contribution in [0.4, 0.5) is 0 Å². The minimum atomic E-state index is -4.40. The number of phosphoric ester groups is 1. The molecule has 328 valence electrons. The van der Waals surface area contributed by atoms with E-state index < -0.39 is 44.9 Å². The quantitative estimate of drug-likeness (QED) is 0.0160. The summed E-state index contributed by atoms with van der Waals surface area (Å²) in [6, 6.07) is -0.941. The number of phosphoric acid groups is 1. The van der Waals surface area contributed by atoms with Gasteiger partial charge in [-0.1, -0.05) is 140 Å². The van der Waals surface area contributed by atoms with Crippen molar-refractivity contribution >= 4 is 13.7 Å². The normalized spacial score (nSPS) is 22.0. The van der Waals surface area contributed by atoms with Crippen LogP contribution in [0.2, 0.25) is 0 Å². The standard InChI is InChI=1S/C44H83N2O9P/c1-6-8-10-11-12-13-14-15-16-17-18-19-20-25-29-41(48)40(36-55-56(52,53)54-34-33-46(3,4)5)45-44(51)30-26-22-21-24-28-38-39(43(50)35-42(38)49)32-31-37(47)27-23-9-7-2/h21,24-25,29,31-32,37-43,47-50H,6-20,22-23,26-28,30,33-36H2,1-5H3,(H-,45,51,52,53)/p+1/b24-21+,29-25+,32-31+/t37-,38+,39+,40-,41+,42-,43+/m0/s1. The maximum absolute atomic E-state index is 13.0.